The van der Waals surface area contributed by atoms with E-state index in [1.807, 2.05) is 61.5 Å². The van der Waals surface area contributed by atoms with Crippen molar-refractivity contribution in [2.45, 2.75) is 31.8 Å². The fraction of sp³-hybridized carbons (Fsp3) is 0.292. The first kappa shape index (κ1) is 20.7. The van der Waals surface area contributed by atoms with Crippen LogP contribution in [0.5, 0.6) is 0 Å². The quantitative estimate of drug-likeness (QED) is 0.548. The van der Waals surface area contributed by atoms with Crippen molar-refractivity contribution in [2.75, 3.05) is 6.54 Å². The van der Waals surface area contributed by atoms with E-state index >= 15 is 0 Å². The van der Waals surface area contributed by atoms with Gasteiger partial charge >= 0.3 is 5.97 Å². The highest BCUT2D eigenvalue weighted by atomic mass is 16.4. The highest BCUT2D eigenvalue weighted by Crippen LogP contribution is 2.28. The highest BCUT2D eigenvalue weighted by molar-refractivity contribution is 5.92. The van der Waals surface area contributed by atoms with E-state index in [0.29, 0.717) is 0 Å². The Bertz CT molecular complexity index is 1110. The number of amides is 2. The average molecular weight is 419 g/mol. The van der Waals surface area contributed by atoms with Crippen LogP contribution in [0.3, 0.4) is 0 Å². The molecule has 3 N–H and O–H groups in total. The number of aromatic amines is 1. The first-order chi connectivity index (χ1) is 14.9. The zero-order chi connectivity index (χ0) is 22.0. The third-order valence-electron chi connectivity index (χ3n) is 5.99. The van der Waals surface area contributed by atoms with Gasteiger partial charge in [-0.1, -0.05) is 48.5 Å². The molecule has 160 valence electrons. The van der Waals surface area contributed by atoms with Gasteiger partial charge < -0.3 is 20.3 Å². The van der Waals surface area contributed by atoms with Gasteiger partial charge in [-0.25, -0.2) is 4.79 Å². The molecule has 0 radical (unpaired) electrons. The molecule has 2 amide bonds. The van der Waals surface area contributed by atoms with E-state index < -0.39 is 23.8 Å². The zero-order valence-electron chi connectivity index (χ0n) is 17.2. The van der Waals surface area contributed by atoms with Gasteiger partial charge in [0.2, 0.25) is 11.8 Å². The minimum Gasteiger partial charge on any atom is -0.480 e. The Labute approximate surface area is 180 Å². The second kappa shape index (κ2) is 8.63. The summed E-state index contributed by atoms with van der Waals surface area (Å²) in [6.07, 6.45) is 2.02. The van der Waals surface area contributed by atoms with Crippen molar-refractivity contribution in [2.24, 2.45) is 5.92 Å². The summed E-state index contributed by atoms with van der Waals surface area (Å²) in [5.74, 6) is -2.16. The van der Waals surface area contributed by atoms with Gasteiger partial charge in [0.15, 0.2) is 0 Å². The minimum atomic E-state index is -1.10. The van der Waals surface area contributed by atoms with E-state index in [1.54, 1.807) is 11.1 Å². The molecule has 4 rings (SSSR count). The van der Waals surface area contributed by atoms with Crippen LogP contribution < -0.4 is 5.32 Å². The molecule has 0 spiro atoms. The molecule has 7 heteroatoms. The van der Waals surface area contributed by atoms with Gasteiger partial charge in [-0.05, 0) is 24.1 Å². The summed E-state index contributed by atoms with van der Waals surface area (Å²) in [7, 11) is 0. The number of H-pyrrole nitrogens is 1. The lowest BCUT2D eigenvalue weighted by molar-refractivity contribution is -0.142. The van der Waals surface area contributed by atoms with Crippen molar-refractivity contribution in [3.8, 4) is 0 Å². The average Bonchev–Trinajstić information content (AvgIpc) is 3.37. The van der Waals surface area contributed by atoms with Crippen LogP contribution in [0.2, 0.25) is 0 Å². The molecule has 3 aromatic rings. The monoisotopic (exact) mass is 419 g/mol. The summed E-state index contributed by atoms with van der Waals surface area (Å²) in [4.78, 5) is 42.0. The van der Waals surface area contributed by atoms with Gasteiger partial charge in [-0.15, -0.1) is 0 Å². The Balaban J connectivity index is 1.43. The number of carboxylic acid groups (broad SMARTS) is 1. The zero-order valence-corrected chi connectivity index (χ0v) is 17.2. The molecular formula is C24H25N3O4. The van der Waals surface area contributed by atoms with Crippen LogP contribution in [0.4, 0.5) is 0 Å². The number of likely N-dealkylation sites (tertiary alicyclic amines) is 1. The summed E-state index contributed by atoms with van der Waals surface area (Å²) in [6.45, 7) is 2.21. The number of para-hydroxylation sites is 1. The normalized spacial score (nSPS) is 18.2. The largest absolute Gasteiger partial charge is 0.480 e. The molecule has 0 aliphatic carbocycles. The first-order valence-corrected chi connectivity index (χ1v) is 10.4. The number of carboxylic acids is 1. The Kier molecular flexibility index (Phi) is 5.75. The van der Waals surface area contributed by atoms with Gasteiger partial charge in [0.1, 0.15) is 6.04 Å². The molecule has 31 heavy (non-hydrogen) atoms. The molecule has 0 bridgehead atoms. The number of aromatic nitrogens is 1. The number of benzene rings is 2. The van der Waals surface area contributed by atoms with E-state index in [4.69, 9.17) is 0 Å². The number of carbonyl (C=O) groups is 3. The number of hydrogen-bond donors (Lipinski definition) is 3. The Morgan fingerprint density at radius 2 is 1.87 bits per heavy atom. The van der Waals surface area contributed by atoms with Gasteiger partial charge in [-0.3, -0.25) is 9.59 Å². The summed E-state index contributed by atoms with van der Waals surface area (Å²) in [5.41, 5.74) is 2.74. The first-order valence-electron chi connectivity index (χ1n) is 10.4. The predicted octanol–water partition coefficient (Wildman–Crippen LogP) is 2.89. The third kappa shape index (κ3) is 4.30. The molecular weight excluding hydrogens is 394 g/mol. The van der Waals surface area contributed by atoms with Crippen LogP contribution in [0.25, 0.3) is 10.9 Å². The second-order valence-electron chi connectivity index (χ2n) is 8.00. The van der Waals surface area contributed by atoms with Gasteiger partial charge in [-0.2, -0.15) is 0 Å². The lowest BCUT2D eigenvalue weighted by atomic mass is 10.0. The van der Waals surface area contributed by atoms with Crippen molar-refractivity contribution in [3.05, 3.63) is 71.9 Å². The standard InChI is InChI=1S/C24H25N3O4/c1-15(16-7-3-2-4-8-16)27-14-18(12-22(27)28)23(29)26-21(24(30)31)11-17-13-25-20-10-6-5-9-19(17)20/h2-10,13,15,18,21,25H,11-12,14H2,1H3,(H,26,29)(H,30,31). The molecule has 0 saturated carbocycles. The van der Waals surface area contributed by atoms with Crippen LogP contribution in [0.15, 0.2) is 60.8 Å². The molecule has 1 aliphatic rings. The molecule has 1 aromatic heterocycles. The van der Waals surface area contributed by atoms with Crippen LogP contribution >= 0.6 is 0 Å². The minimum absolute atomic E-state index is 0.0857. The number of nitrogens with one attached hydrogen (secondary N) is 2. The molecule has 1 fully saturated rings. The predicted molar refractivity (Wildman–Crippen MR) is 116 cm³/mol. The van der Waals surface area contributed by atoms with Crippen molar-refractivity contribution in [3.63, 3.8) is 0 Å². The number of aliphatic carboxylic acids is 1. The Morgan fingerprint density at radius 3 is 2.61 bits per heavy atom. The second-order valence-corrected chi connectivity index (χ2v) is 8.00. The number of rotatable bonds is 7. The Hall–Kier alpha value is -3.61. The van der Waals surface area contributed by atoms with E-state index in [1.165, 1.54) is 0 Å². The SMILES string of the molecule is CC(c1ccccc1)N1CC(C(=O)NC(Cc2c[nH]c3ccccc23)C(=O)O)CC1=O. The fourth-order valence-corrected chi connectivity index (χ4v) is 4.20. The maximum atomic E-state index is 12.8. The van der Waals surface area contributed by atoms with Crippen molar-refractivity contribution in [1.29, 1.82) is 0 Å². The van der Waals surface area contributed by atoms with Crippen LogP contribution in [0.1, 0.15) is 30.5 Å². The third-order valence-corrected chi connectivity index (χ3v) is 5.99. The summed E-state index contributed by atoms with van der Waals surface area (Å²) in [5, 5.41) is 13.3. The number of fused-ring (bicyclic) bond motifs is 1. The topological polar surface area (TPSA) is 102 Å². The van der Waals surface area contributed by atoms with Gasteiger partial charge in [0.25, 0.3) is 0 Å². The summed E-state index contributed by atoms with van der Waals surface area (Å²) >= 11 is 0. The molecule has 3 unspecified atom stereocenters. The summed E-state index contributed by atoms with van der Waals surface area (Å²) in [6, 6.07) is 16.1. The van der Waals surface area contributed by atoms with E-state index in [2.05, 4.69) is 10.3 Å². The lowest BCUT2D eigenvalue weighted by Crippen LogP contribution is -2.45. The maximum absolute atomic E-state index is 12.8. The lowest BCUT2D eigenvalue weighted by Gasteiger charge is -2.25. The molecule has 3 atom stereocenters. The van der Waals surface area contributed by atoms with Crippen LogP contribution in [-0.2, 0) is 20.8 Å². The molecule has 2 aromatic carbocycles. The van der Waals surface area contributed by atoms with E-state index in [0.717, 1.165) is 22.0 Å². The summed E-state index contributed by atoms with van der Waals surface area (Å²) < 4.78 is 0. The van der Waals surface area contributed by atoms with Crippen LogP contribution in [0, 0.1) is 5.92 Å². The fourth-order valence-electron chi connectivity index (χ4n) is 4.20. The maximum Gasteiger partial charge on any atom is 0.326 e. The molecule has 7 nitrogen and oxygen atoms in total. The van der Waals surface area contributed by atoms with Gasteiger partial charge in [0, 0.05) is 36.5 Å². The molecule has 1 aliphatic heterocycles. The smallest absolute Gasteiger partial charge is 0.326 e. The molecule has 2 heterocycles. The molecule has 1 saturated heterocycles. The highest BCUT2D eigenvalue weighted by Gasteiger charge is 2.38. The number of nitrogens with zero attached hydrogens (tertiary/aromatic N) is 1. The van der Waals surface area contributed by atoms with E-state index in [9.17, 15) is 19.5 Å². The number of hydrogen-bond acceptors (Lipinski definition) is 3. The van der Waals surface area contributed by atoms with Crippen molar-refractivity contribution < 1.29 is 19.5 Å². The van der Waals surface area contributed by atoms with Gasteiger partial charge in [0.05, 0.1) is 12.0 Å². The Morgan fingerprint density at radius 1 is 1.16 bits per heavy atom. The number of carbonyl (C=O) groups excluding carboxylic acids is 2. The van der Waals surface area contributed by atoms with Crippen LogP contribution in [-0.4, -0.2) is 45.4 Å². The van der Waals surface area contributed by atoms with E-state index in [-0.39, 0.29) is 31.3 Å². The van der Waals surface area contributed by atoms with Crippen molar-refractivity contribution >= 4 is 28.7 Å². The van der Waals surface area contributed by atoms with Crippen molar-refractivity contribution in [1.82, 2.24) is 15.2 Å².